The Balaban J connectivity index is 2.62. The number of aliphatic hydroxyl groups excluding tert-OH is 1. The van der Waals surface area contributed by atoms with Crippen molar-refractivity contribution in [1.29, 1.82) is 0 Å². The first-order chi connectivity index (χ1) is 6.16. The summed E-state index contributed by atoms with van der Waals surface area (Å²) < 4.78 is 5.43. The van der Waals surface area contributed by atoms with Crippen LogP contribution in [0.5, 0.6) is 0 Å². The summed E-state index contributed by atoms with van der Waals surface area (Å²) in [4.78, 5) is 0. The van der Waals surface area contributed by atoms with E-state index in [-0.39, 0.29) is 0 Å². The minimum atomic E-state index is -0.535. The van der Waals surface area contributed by atoms with Gasteiger partial charge in [0, 0.05) is 5.39 Å². The number of hydrogen-bond acceptors (Lipinski definition) is 2. The molecule has 0 fully saturated rings. The maximum atomic E-state index is 9.30. The van der Waals surface area contributed by atoms with Gasteiger partial charge >= 0.3 is 0 Å². The van der Waals surface area contributed by atoms with Crippen LogP contribution in [0, 0.1) is 6.92 Å². The molecule has 1 unspecified atom stereocenters. The molecule has 2 rings (SSSR count). The van der Waals surface area contributed by atoms with Crippen LogP contribution < -0.4 is 0 Å². The predicted molar refractivity (Wildman–Crippen MR) is 51.6 cm³/mol. The summed E-state index contributed by atoms with van der Waals surface area (Å²) in [5, 5.41) is 10.4. The molecule has 0 amide bonds. The van der Waals surface area contributed by atoms with Crippen molar-refractivity contribution < 1.29 is 9.52 Å². The molecule has 0 radical (unpaired) electrons. The van der Waals surface area contributed by atoms with Gasteiger partial charge in [-0.05, 0) is 32.0 Å². The van der Waals surface area contributed by atoms with Gasteiger partial charge in [-0.3, -0.25) is 0 Å². The number of furan rings is 1. The van der Waals surface area contributed by atoms with Crippen LogP contribution >= 0.6 is 0 Å². The van der Waals surface area contributed by atoms with E-state index in [1.807, 2.05) is 31.2 Å². The fourth-order valence-electron chi connectivity index (χ4n) is 1.39. The van der Waals surface area contributed by atoms with Gasteiger partial charge in [-0.25, -0.2) is 0 Å². The summed E-state index contributed by atoms with van der Waals surface area (Å²) in [5.41, 5.74) is 2.03. The average molecular weight is 176 g/mol. The van der Waals surface area contributed by atoms with E-state index in [2.05, 4.69) is 0 Å². The minimum absolute atomic E-state index is 0.535. The summed E-state index contributed by atoms with van der Waals surface area (Å²) in [6, 6.07) is 7.85. The van der Waals surface area contributed by atoms with Gasteiger partial charge in [0.05, 0.1) is 0 Å². The van der Waals surface area contributed by atoms with Crippen molar-refractivity contribution in [3.8, 4) is 0 Å². The molecule has 0 spiro atoms. The topological polar surface area (TPSA) is 33.4 Å². The molecule has 2 heteroatoms. The highest BCUT2D eigenvalue weighted by Gasteiger charge is 2.07. The second kappa shape index (κ2) is 2.89. The molecule has 68 valence electrons. The molecule has 2 aromatic rings. The zero-order chi connectivity index (χ0) is 9.42. The van der Waals surface area contributed by atoms with Crippen molar-refractivity contribution >= 4 is 11.0 Å². The van der Waals surface area contributed by atoms with E-state index in [1.54, 1.807) is 6.92 Å². The molecule has 0 aliphatic carbocycles. The van der Waals surface area contributed by atoms with Crippen LogP contribution in [0.3, 0.4) is 0 Å². The van der Waals surface area contributed by atoms with Crippen LogP contribution in [-0.4, -0.2) is 5.11 Å². The second-order valence-corrected chi connectivity index (χ2v) is 3.37. The number of benzene rings is 1. The average Bonchev–Trinajstić information content (AvgIpc) is 2.46. The normalized spacial score (nSPS) is 13.5. The zero-order valence-corrected chi connectivity index (χ0v) is 7.74. The van der Waals surface area contributed by atoms with Crippen LogP contribution in [-0.2, 0) is 0 Å². The highest BCUT2D eigenvalue weighted by molar-refractivity contribution is 5.78. The molecule has 1 atom stereocenters. The summed E-state index contributed by atoms with van der Waals surface area (Å²) in [6.45, 7) is 3.74. The number of rotatable bonds is 1. The molecule has 1 heterocycles. The number of aryl methyl sites for hydroxylation is 1. The molecule has 1 aromatic carbocycles. The summed E-state index contributed by atoms with van der Waals surface area (Å²) in [7, 11) is 0. The quantitative estimate of drug-likeness (QED) is 0.724. The maximum Gasteiger partial charge on any atom is 0.134 e. The van der Waals surface area contributed by atoms with Crippen molar-refractivity contribution in [2.45, 2.75) is 20.0 Å². The molecule has 0 aliphatic rings. The van der Waals surface area contributed by atoms with Crippen LogP contribution in [0.1, 0.15) is 24.4 Å². The largest absolute Gasteiger partial charge is 0.458 e. The zero-order valence-electron chi connectivity index (χ0n) is 7.74. The monoisotopic (exact) mass is 176 g/mol. The highest BCUT2D eigenvalue weighted by atomic mass is 16.4. The molecule has 0 bridgehead atoms. The third kappa shape index (κ3) is 1.45. The lowest BCUT2D eigenvalue weighted by Crippen LogP contribution is -1.85. The van der Waals surface area contributed by atoms with Crippen molar-refractivity contribution in [3.63, 3.8) is 0 Å². The number of aliphatic hydroxyl groups is 1. The van der Waals surface area contributed by atoms with Crippen LogP contribution in [0.4, 0.5) is 0 Å². The van der Waals surface area contributed by atoms with Crippen LogP contribution in [0.2, 0.25) is 0 Å². The molecular weight excluding hydrogens is 164 g/mol. The van der Waals surface area contributed by atoms with Gasteiger partial charge in [-0.1, -0.05) is 11.6 Å². The molecule has 1 N–H and O–H groups in total. The first-order valence-electron chi connectivity index (χ1n) is 4.35. The number of hydrogen-bond donors (Lipinski definition) is 1. The molecule has 0 saturated carbocycles. The summed E-state index contributed by atoms with van der Waals surface area (Å²) >= 11 is 0. The SMILES string of the molecule is Cc1ccc2oc(C(C)O)cc2c1. The first-order valence-corrected chi connectivity index (χ1v) is 4.35. The minimum Gasteiger partial charge on any atom is -0.458 e. The van der Waals surface area contributed by atoms with Crippen molar-refractivity contribution in [2.24, 2.45) is 0 Å². The molecule has 0 aliphatic heterocycles. The van der Waals surface area contributed by atoms with Crippen LogP contribution in [0.25, 0.3) is 11.0 Å². The molecule has 13 heavy (non-hydrogen) atoms. The Bertz CT molecular complexity index is 427. The smallest absolute Gasteiger partial charge is 0.134 e. The Morgan fingerprint density at radius 2 is 2.08 bits per heavy atom. The standard InChI is InChI=1S/C11H12O2/c1-7-3-4-10-9(5-7)6-11(13-10)8(2)12/h3-6,8,12H,1-2H3. The van der Waals surface area contributed by atoms with E-state index in [0.717, 1.165) is 11.0 Å². The lowest BCUT2D eigenvalue weighted by atomic mass is 10.2. The van der Waals surface area contributed by atoms with Crippen molar-refractivity contribution in [1.82, 2.24) is 0 Å². The van der Waals surface area contributed by atoms with Gasteiger partial charge in [0.2, 0.25) is 0 Å². The fraction of sp³-hybridized carbons (Fsp3) is 0.273. The first kappa shape index (κ1) is 8.32. The lowest BCUT2D eigenvalue weighted by molar-refractivity contribution is 0.172. The van der Waals surface area contributed by atoms with E-state index >= 15 is 0 Å². The van der Waals surface area contributed by atoms with E-state index in [1.165, 1.54) is 5.56 Å². The Morgan fingerprint density at radius 3 is 2.77 bits per heavy atom. The van der Waals surface area contributed by atoms with Gasteiger partial charge in [0.25, 0.3) is 0 Å². The lowest BCUT2D eigenvalue weighted by Gasteiger charge is -1.95. The molecule has 0 saturated heterocycles. The van der Waals surface area contributed by atoms with Gasteiger partial charge in [-0.2, -0.15) is 0 Å². The van der Waals surface area contributed by atoms with Crippen molar-refractivity contribution in [2.75, 3.05) is 0 Å². The maximum absolute atomic E-state index is 9.30. The summed E-state index contributed by atoms with van der Waals surface area (Å²) in [6.07, 6.45) is -0.535. The van der Waals surface area contributed by atoms with Gasteiger partial charge < -0.3 is 9.52 Å². The molecule has 1 aromatic heterocycles. The third-order valence-electron chi connectivity index (χ3n) is 2.10. The van der Waals surface area contributed by atoms with Gasteiger partial charge in [-0.15, -0.1) is 0 Å². The van der Waals surface area contributed by atoms with E-state index < -0.39 is 6.10 Å². The Kier molecular flexibility index (Phi) is 1.85. The Hall–Kier alpha value is -1.28. The molecular formula is C11H12O2. The van der Waals surface area contributed by atoms with Gasteiger partial charge in [0.15, 0.2) is 0 Å². The van der Waals surface area contributed by atoms with E-state index in [0.29, 0.717) is 5.76 Å². The Labute approximate surface area is 76.8 Å². The van der Waals surface area contributed by atoms with Crippen molar-refractivity contribution in [3.05, 3.63) is 35.6 Å². The highest BCUT2D eigenvalue weighted by Crippen LogP contribution is 2.24. The molecule has 2 nitrogen and oxygen atoms in total. The third-order valence-corrected chi connectivity index (χ3v) is 2.10. The number of fused-ring (bicyclic) bond motifs is 1. The van der Waals surface area contributed by atoms with E-state index in [4.69, 9.17) is 4.42 Å². The fourth-order valence-corrected chi connectivity index (χ4v) is 1.39. The van der Waals surface area contributed by atoms with Gasteiger partial charge in [0.1, 0.15) is 17.4 Å². The summed E-state index contributed by atoms with van der Waals surface area (Å²) in [5.74, 6) is 0.626. The van der Waals surface area contributed by atoms with E-state index in [9.17, 15) is 5.11 Å². The Morgan fingerprint density at radius 1 is 1.31 bits per heavy atom. The predicted octanol–water partition coefficient (Wildman–Crippen LogP) is 2.79. The van der Waals surface area contributed by atoms with Crippen LogP contribution in [0.15, 0.2) is 28.7 Å². The second-order valence-electron chi connectivity index (χ2n) is 3.37.